The number of methoxy groups -OCH3 is 1. The zero-order chi connectivity index (χ0) is 16.9. The second-order valence-corrected chi connectivity index (χ2v) is 6.13. The van der Waals surface area contributed by atoms with Gasteiger partial charge in [-0.05, 0) is 30.7 Å². The quantitative estimate of drug-likeness (QED) is 0.792. The van der Waals surface area contributed by atoms with E-state index in [1.54, 1.807) is 13.2 Å². The Balaban J connectivity index is 1.98. The number of nitrogens with two attached hydrogens (primary N) is 1. The van der Waals surface area contributed by atoms with Gasteiger partial charge in [-0.15, -0.1) is 0 Å². The molecule has 4 heteroatoms. The third-order valence-electron chi connectivity index (χ3n) is 4.40. The summed E-state index contributed by atoms with van der Waals surface area (Å²) in [5.41, 5.74) is 3.13. The van der Waals surface area contributed by atoms with Crippen LogP contribution in [0.25, 0.3) is 5.70 Å². The number of para-hydroxylation sites is 1. The number of ether oxygens (including phenoxy) is 1. The first kappa shape index (κ1) is 16.4. The van der Waals surface area contributed by atoms with Crippen LogP contribution in [0.4, 0.5) is 0 Å². The van der Waals surface area contributed by atoms with Crippen LogP contribution >= 0.6 is 0 Å². The molecule has 126 valence electrons. The molecule has 1 aliphatic heterocycles. The summed E-state index contributed by atoms with van der Waals surface area (Å²) in [4.78, 5) is 0. The fraction of sp³-hybridized carbons (Fsp3) is 0.300. The molecular formula is C20H25N2O2+. The van der Waals surface area contributed by atoms with E-state index in [9.17, 15) is 5.11 Å². The fourth-order valence-corrected chi connectivity index (χ4v) is 3.19. The number of phenols is 1. The Morgan fingerprint density at radius 3 is 2.75 bits per heavy atom. The number of hydrogen-bond acceptors (Lipinski definition) is 3. The van der Waals surface area contributed by atoms with Crippen LogP contribution in [0.3, 0.4) is 0 Å². The largest absolute Gasteiger partial charge is 0.507 e. The highest BCUT2D eigenvalue weighted by Crippen LogP contribution is 2.27. The Kier molecular flexibility index (Phi) is 5.06. The summed E-state index contributed by atoms with van der Waals surface area (Å²) in [6.07, 6.45) is 4.62. The molecule has 0 bridgehead atoms. The van der Waals surface area contributed by atoms with E-state index in [1.807, 2.05) is 36.4 Å². The fourth-order valence-electron chi connectivity index (χ4n) is 3.19. The number of benzene rings is 2. The number of phenolic OH excluding ortho intramolecular Hbond substituents is 1. The van der Waals surface area contributed by atoms with Gasteiger partial charge in [0.25, 0.3) is 0 Å². The van der Waals surface area contributed by atoms with Crippen LogP contribution in [0.5, 0.6) is 11.5 Å². The van der Waals surface area contributed by atoms with Crippen molar-refractivity contribution in [1.82, 2.24) is 5.32 Å². The average molecular weight is 325 g/mol. The van der Waals surface area contributed by atoms with E-state index in [0.717, 1.165) is 35.4 Å². The predicted octanol–water partition coefficient (Wildman–Crippen LogP) is 2.78. The minimum atomic E-state index is 0.0881. The average Bonchev–Trinajstić information content (AvgIpc) is 2.62. The predicted molar refractivity (Wildman–Crippen MR) is 95.6 cm³/mol. The number of hydrogen-bond donors (Lipinski definition) is 3. The second-order valence-electron chi connectivity index (χ2n) is 6.13. The maximum absolute atomic E-state index is 10.2. The lowest BCUT2D eigenvalue weighted by Gasteiger charge is -2.29. The zero-order valence-corrected chi connectivity index (χ0v) is 14.2. The van der Waals surface area contributed by atoms with Crippen LogP contribution in [-0.2, 0) is 0 Å². The molecule has 0 aliphatic carbocycles. The van der Waals surface area contributed by atoms with Gasteiger partial charge in [0.15, 0.2) is 6.17 Å². The van der Waals surface area contributed by atoms with Crippen LogP contribution in [0.1, 0.15) is 36.9 Å². The summed E-state index contributed by atoms with van der Waals surface area (Å²) in [5.74, 6) is 1.19. The van der Waals surface area contributed by atoms with E-state index in [0.29, 0.717) is 5.75 Å². The van der Waals surface area contributed by atoms with Gasteiger partial charge in [-0.25, -0.2) is 0 Å². The third-order valence-corrected chi connectivity index (χ3v) is 4.40. The van der Waals surface area contributed by atoms with Gasteiger partial charge in [0.2, 0.25) is 0 Å². The van der Waals surface area contributed by atoms with Crippen molar-refractivity contribution in [2.24, 2.45) is 0 Å². The summed E-state index contributed by atoms with van der Waals surface area (Å²) < 4.78 is 5.35. The maximum Gasteiger partial charge on any atom is 0.159 e. The molecular weight excluding hydrogens is 300 g/mol. The molecule has 2 unspecified atom stereocenters. The van der Waals surface area contributed by atoms with E-state index >= 15 is 0 Å². The molecule has 2 aromatic carbocycles. The van der Waals surface area contributed by atoms with Crippen molar-refractivity contribution in [2.75, 3.05) is 7.11 Å². The van der Waals surface area contributed by atoms with Crippen LogP contribution < -0.4 is 15.4 Å². The Bertz CT molecular complexity index is 727. The van der Waals surface area contributed by atoms with Crippen molar-refractivity contribution in [3.8, 4) is 11.5 Å². The van der Waals surface area contributed by atoms with Crippen LogP contribution in [0.15, 0.2) is 54.6 Å². The molecule has 0 amide bonds. The minimum Gasteiger partial charge on any atom is -0.507 e. The normalized spacial score (nSPS) is 20.2. The second kappa shape index (κ2) is 7.41. The lowest BCUT2D eigenvalue weighted by molar-refractivity contribution is -0.724. The molecule has 3 rings (SSSR count). The molecule has 1 aliphatic rings. The van der Waals surface area contributed by atoms with Crippen molar-refractivity contribution in [3.05, 3.63) is 65.7 Å². The SMILES string of the molecule is CCCC1NC(c2cccc(OC)c2)=CC(c2ccccc2O)[NH2+]1. The molecule has 1 heterocycles. The van der Waals surface area contributed by atoms with Crippen molar-refractivity contribution in [3.63, 3.8) is 0 Å². The highest BCUT2D eigenvalue weighted by atomic mass is 16.5. The zero-order valence-electron chi connectivity index (χ0n) is 14.2. The monoisotopic (exact) mass is 325 g/mol. The van der Waals surface area contributed by atoms with Gasteiger partial charge in [-0.2, -0.15) is 0 Å². The number of aromatic hydroxyl groups is 1. The smallest absolute Gasteiger partial charge is 0.159 e. The van der Waals surface area contributed by atoms with E-state index in [4.69, 9.17) is 4.74 Å². The van der Waals surface area contributed by atoms with Gasteiger partial charge in [0, 0.05) is 23.8 Å². The maximum atomic E-state index is 10.2. The molecule has 0 fully saturated rings. The standard InChI is InChI=1S/C20H24N2O2/c1-3-7-20-21-17(14-8-6-9-15(12-14)24-2)13-18(22-20)16-10-4-5-11-19(16)23/h4-6,8-13,18,20-23H,3,7H2,1-2H3/p+1. The Morgan fingerprint density at radius 2 is 2.00 bits per heavy atom. The van der Waals surface area contributed by atoms with Crippen LogP contribution in [-0.4, -0.2) is 18.4 Å². The van der Waals surface area contributed by atoms with Crippen molar-refractivity contribution in [1.29, 1.82) is 0 Å². The lowest BCUT2D eigenvalue weighted by atomic mass is 9.98. The third kappa shape index (κ3) is 3.54. The molecule has 0 aromatic heterocycles. The number of rotatable bonds is 5. The van der Waals surface area contributed by atoms with Gasteiger partial charge < -0.3 is 20.5 Å². The molecule has 0 saturated carbocycles. The Morgan fingerprint density at radius 1 is 1.17 bits per heavy atom. The first-order valence-corrected chi connectivity index (χ1v) is 8.47. The summed E-state index contributed by atoms with van der Waals surface area (Å²) in [6, 6.07) is 15.7. The molecule has 4 nitrogen and oxygen atoms in total. The Hall–Kier alpha value is -2.46. The van der Waals surface area contributed by atoms with Crippen LogP contribution in [0.2, 0.25) is 0 Å². The van der Waals surface area contributed by atoms with Gasteiger partial charge >= 0.3 is 0 Å². The van der Waals surface area contributed by atoms with Crippen molar-refractivity contribution >= 4 is 5.70 Å². The molecule has 0 radical (unpaired) electrons. The van der Waals surface area contributed by atoms with Crippen molar-refractivity contribution in [2.45, 2.75) is 32.0 Å². The summed E-state index contributed by atoms with van der Waals surface area (Å²) in [6.45, 7) is 2.19. The molecule has 0 saturated heterocycles. The number of nitrogens with one attached hydrogen (secondary N) is 1. The Labute approximate surface area is 143 Å². The van der Waals surface area contributed by atoms with Gasteiger partial charge in [0.05, 0.1) is 12.7 Å². The van der Waals surface area contributed by atoms with Gasteiger partial charge in [-0.1, -0.05) is 31.2 Å². The molecule has 2 atom stereocenters. The lowest BCUT2D eigenvalue weighted by Crippen LogP contribution is -2.94. The van der Waals surface area contributed by atoms with E-state index in [2.05, 4.69) is 29.7 Å². The summed E-state index contributed by atoms with van der Waals surface area (Å²) in [5, 5.41) is 16.1. The summed E-state index contributed by atoms with van der Waals surface area (Å²) >= 11 is 0. The first-order valence-electron chi connectivity index (χ1n) is 8.47. The topological polar surface area (TPSA) is 58.1 Å². The van der Waals surface area contributed by atoms with E-state index in [1.165, 1.54) is 0 Å². The number of quaternary nitrogens is 1. The van der Waals surface area contributed by atoms with Crippen LogP contribution in [0, 0.1) is 0 Å². The minimum absolute atomic E-state index is 0.0881. The molecule has 2 aromatic rings. The molecule has 4 N–H and O–H groups in total. The molecule has 0 spiro atoms. The van der Waals surface area contributed by atoms with Crippen molar-refractivity contribution < 1.29 is 15.2 Å². The summed E-state index contributed by atoms with van der Waals surface area (Å²) in [7, 11) is 1.68. The van der Waals surface area contributed by atoms with Gasteiger partial charge in [0.1, 0.15) is 17.5 Å². The first-order chi connectivity index (χ1) is 11.7. The molecule has 24 heavy (non-hydrogen) atoms. The van der Waals surface area contributed by atoms with E-state index in [-0.39, 0.29) is 12.2 Å². The highest BCUT2D eigenvalue weighted by Gasteiger charge is 2.27. The van der Waals surface area contributed by atoms with Gasteiger partial charge in [-0.3, -0.25) is 0 Å². The highest BCUT2D eigenvalue weighted by molar-refractivity contribution is 5.66. The van der Waals surface area contributed by atoms with E-state index < -0.39 is 0 Å².